The van der Waals surface area contributed by atoms with E-state index in [0.29, 0.717) is 5.02 Å². The van der Waals surface area contributed by atoms with Gasteiger partial charge in [-0.1, -0.05) is 24.6 Å². The van der Waals surface area contributed by atoms with Crippen molar-refractivity contribution < 1.29 is 19.4 Å². The van der Waals surface area contributed by atoms with Crippen molar-refractivity contribution in [2.24, 2.45) is 0 Å². The number of hydrogen-bond donors (Lipinski definition) is 3. The molecule has 0 aliphatic heterocycles. The van der Waals surface area contributed by atoms with Gasteiger partial charge in [-0.25, -0.2) is 0 Å². The van der Waals surface area contributed by atoms with Gasteiger partial charge in [0.1, 0.15) is 11.5 Å². The molecule has 3 N–H and O–H groups in total. The summed E-state index contributed by atoms with van der Waals surface area (Å²) in [6.45, 7) is 1.93. The summed E-state index contributed by atoms with van der Waals surface area (Å²) in [7, 11) is 1.41. The van der Waals surface area contributed by atoms with Crippen molar-refractivity contribution in [3.8, 4) is 11.5 Å². The molecule has 0 radical (unpaired) electrons. The summed E-state index contributed by atoms with van der Waals surface area (Å²) in [4.78, 5) is 24.3. The van der Waals surface area contributed by atoms with Crippen LogP contribution in [0.2, 0.25) is 5.02 Å². The molecule has 0 heterocycles. The number of amides is 2. The van der Waals surface area contributed by atoms with Gasteiger partial charge in [0, 0.05) is 5.02 Å². The fourth-order valence-electron chi connectivity index (χ4n) is 2.09. The van der Waals surface area contributed by atoms with Gasteiger partial charge in [-0.2, -0.15) is 0 Å². The molecule has 2 aromatic carbocycles. The molecule has 2 amide bonds. The second kappa shape index (κ2) is 7.70. The lowest BCUT2D eigenvalue weighted by molar-refractivity contribution is 0.0843. The van der Waals surface area contributed by atoms with Crippen molar-refractivity contribution in [2.75, 3.05) is 7.11 Å². The van der Waals surface area contributed by atoms with Gasteiger partial charge in [-0.3, -0.25) is 20.4 Å². The zero-order valence-corrected chi connectivity index (χ0v) is 14.0. The topological polar surface area (TPSA) is 87.7 Å². The Morgan fingerprint density at radius 2 is 1.75 bits per heavy atom. The van der Waals surface area contributed by atoms with Gasteiger partial charge >= 0.3 is 0 Å². The second-order valence-electron chi connectivity index (χ2n) is 4.96. The van der Waals surface area contributed by atoms with E-state index in [1.165, 1.54) is 31.4 Å². The van der Waals surface area contributed by atoms with Gasteiger partial charge < -0.3 is 9.84 Å². The minimum absolute atomic E-state index is 0.0812. The number of rotatable bonds is 4. The van der Waals surface area contributed by atoms with Crippen molar-refractivity contribution in [3.63, 3.8) is 0 Å². The van der Waals surface area contributed by atoms with Gasteiger partial charge in [-0.15, -0.1) is 0 Å². The predicted molar refractivity (Wildman–Crippen MR) is 90.4 cm³/mol. The number of aryl methyl sites for hydroxylation is 1. The van der Waals surface area contributed by atoms with Crippen LogP contribution in [0.5, 0.6) is 11.5 Å². The zero-order chi connectivity index (χ0) is 17.7. The summed E-state index contributed by atoms with van der Waals surface area (Å²) < 4.78 is 5.09. The van der Waals surface area contributed by atoms with E-state index >= 15 is 0 Å². The van der Waals surface area contributed by atoms with Crippen LogP contribution >= 0.6 is 11.6 Å². The van der Waals surface area contributed by atoms with Crippen molar-refractivity contribution in [3.05, 3.63) is 58.1 Å². The van der Waals surface area contributed by atoms with Crippen molar-refractivity contribution in [1.82, 2.24) is 10.9 Å². The maximum Gasteiger partial charge on any atom is 0.273 e. The van der Waals surface area contributed by atoms with Crippen LogP contribution < -0.4 is 15.6 Å². The highest BCUT2D eigenvalue weighted by Gasteiger charge is 2.16. The van der Waals surface area contributed by atoms with E-state index in [2.05, 4.69) is 10.9 Å². The van der Waals surface area contributed by atoms with Gasteiger partial charge in [0.2, 0.25) is 0 Å². The number of methoxy groups -OCH3 is 1. The standard InChI is InChI=1S/C17H17ClN2O4/c1-3-10-4-7-14(21)13(8-10)17(23)20-19-16(22)12-6-5-11(18)9-15(12)24-2/h4-9,21H,3H2,1-2H3,(H,19,22)(H,20,23). The summed E-state index contributed by atoms with van der Waals surface area (Å²) in [5.41, 5.74) is 5.74. The molecular weight excluding hydrogens is 332 g/mol. The first kappa shape index (κ1) is 17.6. The Morgan fingerprint density at radius 3 is 2.38 bits per heavy atom. The van der Waals surface area contributed by atoms with Gasteiger partial charge in [0.05, 0.1) is 18.2 Å². The first-order valence-electron chi connectivity index (χ1n) is 7.22. The van der Waals surface area contributed by atoms with Crippen LogP contribution in [0.25, 0.3) is 0 Å². The Bertz CT molecular complexity index is 777. The third kappa shape index (κ3) is 3.97. The second-order valence-corrected chi connectivity index (χ2v) is 5.39. The first-order chi connectivity index (χ1) is 11.5. The van der Waals surface area contributed by atoms with Crippen molar-refractivity contribution >= 4 is 23.4 Å². The molecule has 7 heteroatoms. The van der Waals surface area contributed by atoms with Crippen molar-refractivity contribution in [1.29, 1.82) is 0 Å². The lowest BCUT2D eigenvalue weighted by Crippen LogP contribution is -2.41. The van der Waals surface area contributed by atoms with Crippen LogP contribution in [-0.4, -0.2) is 24.0 Å². The summed E-state index contributed by atoms with van der Waals surface area (Å²) in [5, 5.41) is 10.2. The molecule has 24 heavy (non-hydrogen) atoms. The SMILES string of the molecule is CCc1ccc(O)c(C(=O)NNC(=O)c2ccc(Cl)cc2OC)c1. The third-order valence-corrected chi connectivity index (χ3v) is 3.65. The molecule has 0 saturated heterocycles. The predicted octanol–water partition coefficient (Wildman–Crippen LogP) is 2.69. The molecule has 6 nitrogen and oxygen atoms in total. The van der Waals surface area contributed by atoms with E-state index in [1.54, 1.807) is 12.1 Å². The van der Waals surface area contributed by atoms with E-state index < -0.39 is 11.8 Å². The van der Waals surface area contributed by atoms with Crippen LogP contribution in [0.3, 0.4) is 0 Å². The number of hydrazine groups is 1. The number of carbonyl (C=O) groups is 2. The summed E-state index contributed by atoms with van der Waals surface area (Å²) >= 11 is 5.84. The molecule has 0 spiro atoms. The number of ether oxygens (including phenoxy) is 1. The molecular formula is C17H17ClN2O4. The quantitative estimate of drug-likeness (QED) is 0.741. The van der Waals surface area contributed by atoms with Crippen LogP contribution in [-0.2, 0) is 6.42 Å². The molecule has 0 fully saturated rings. The maximum atomic E-state index is 12.2. The molecule has 0 aliphatic rings. The molecule has 0 aromatic heterocycles. The molecule has 0 unspecified atom stereocenters. The Hall–Kier alpha value is -2.73. The Kier molecular flexibility index (Phi) is 5.65. The van der Waals surface area contributed by atoms with E-state index in [9.17, 15) is 14.7 Å². The number of nitrogens with one attached hydrogen (secondary N) is 2. The van der Waals surface area contributed by atoms with E-state index in [0.717, 1.165) is 12.0 Å². The molecule has 0 saturated carbocycles. The summed E-state index contributed by atoms with van der Waals surface area (Å²) in [6.07, 6.45) is 0.717. The zero-order valence-electron chi connectivity index (χ0n) is 13.2. The number of carbonyl (C=O) groups excluding carboxylic acids is 2. The normalized spacial score (nSPS) is 10.1. The number of halogens is 1. The average molecular weight is 349 g/mol. The number of aromatic hydroxyl groups is 1. The molecule has 0 bridgehead atoms. The van der Waals surface area contributed by atoms with Crippen LogP contribution in [0, 0.1) is 0 Å². The Balaban J connectivity index is 2.10. The van der Waals surface area contributed by atoms with Crippen LogP contribution in [0.1, 0.15) is 33.2 Å². The fraction of sp³-hybridized carbons (Fsp3) is 0.176. The lowest BCUT2D eigenvalue weighted by Gasteiger charge is -2.11. The molecule has 2 rings (SSSR count). The largest absolute Gasteiger partial charge is 0.507 e. The van der Waals surface area contributed by atoms with Crippen molar-refractivity contribution in [2.45, 2.75) is 13.3 Å². The van der Waals surface area contributed by atoms with Crippen LogP contribution in [0.4, 0.5) is 0 Å². The molecule has 126 valence electrons. The first-order valence-corrected chi connectivity index (χ1v) is 7.60. The molecule has 0 aliphatic carbocycles. The Labute approximate surface area is 144 Å². The number of benzene rings is 2. The van der Waals surface area contributed by atoms with Crippen LogP contribution in [0.15, 0.2) is 36.4 Å². The summed E-state index contributed by atoms with van der Waals surface area (Å²) in [5.74, 6) is -1.07. The van der Waals surface area contributed by atoms with E-state index in [-0.39, 0.29) is 22.6 Å². The van der Waals surface area contributed by atoms with Gasteiger partial charge in [0.15, 0.2) is 0 Å². The highest BCUT2D eigenvalue weighted by molar-refractivity contribution is 6.30. The minimum Gasteiger partial charge on any atom is -0.507 e. The Morgan fingerprint density at radius 1 is 1.08 bits per heavy atom. The smallest absolute Gasteiger partial charge is 0.273 e. The number of phenolic OH excluding ortho intramolecular Hbond substituents is 1. The molecule has 2 aromatic rings. The minimum atomic E-state index is -0.621. The highest BCUT2D eigenvalue weighted by Crippen LogP contribution is 2.23. The average Bonchev–Trinajstić information content (AvgIpc) is 2.59. The van der Waals surface area contributed by atoms with E-state index in [4.69, 9.17) is 16.3 Å². The van der Waals surface area contributed by atoms with Gasteiger partial charge in [-0.05, 0) is 42.3 Å². The summed E-state index contributed by atoms with van der Waals surface area (Å²) in [6, 6.07) is 9.25. The van der Waals surface area contributed by atoms with Gasteiger partial charge in [0.25, 0.3) is 11.8 Å². The lowest BCUT2D eigenvalue weighted by atomic mass is 10.1. The number of phenols is 1. The third-order valence-electron chi connectivity index (χ3n) is 3.41. The monoisotopic (exact) mass is 348 g/mol. The maximum absolute atomic E-state index is 12.2. The number of hydrogen-bond acceptors (Lipinski definition) is 4. The fourth-order valence-corrected chi connectivity index (χ4v) is 2.25. The van der Waals surface area contributed by atoms with E-state index in [1.807, 2.05) is 6.92 Å². The highest BCUT2D eigenvalue weighted by atomic mass is 35.5. The molecule has 0 atom stereocenters.